The van der Waals surface area contributed by atoms with E-state index in [9.17, 15) is 4.79 Å². The molecule has 0 atom stereocenters. The standard InChI is InChI=1S/C22H23N3O2/c26-22(20-7-4-14-27-20)24-21-9-8-19(16-23-21)25-12-10-18(11-13-25)15-17-5-2-1-3-6-17/h1-9,14,16,18H,10-13,15H2,(H,23,24,26). The number of hydrogen-bond acceptors (Lipinski definition) is 4. The van der Waals surface area contributed by atoms with Crippen LogP contribution < -0.4 is 10.2 Å². The third-order valence-electron chi connectivity index (χ3n) is 5.08. The van der Waals surface area contributed by atoms with Crippen molar-refractivity contribution >= 4 is 17.4 Å². The maximum Gasteiger partial charge on any atom is 0.292 e. The van der Waals surface area contributed by atoms with Gasteiger partial charge in [0.25, 0.3) is 5.91 Å². The highest BCUT2D eigenvalue weighted by molar-refractivity contribution is 6.01. The highest BCUT2D eigenvalue weighted by Gasteiger charge is 2.20. The number of piperidine rings is 1. The number of rotatable bonds is 5. The van der Waals surface area contributed by atoms with Crippen LogP contribution in [0.3, 0.4) is 0 Å². The molecular weight excluding hydrogens is 338 g/mol. The first-order valence-electron chi connectivity index (χ1n) is 9.38. The number of carbonyl (C=O) groups excluding carboxylic acids is 1. The number of nitrogens with zero attached hydrogens (tertiary/aromatic N) is 2. The number of aromatic nitrogens is 1. The molecule has 1 aliphatic heterocycles. The monoisotopic (exact) mass is 361 g/mol. The van der Waals surface area contributed by atoms with E-state index in [0.29, 0.717) is 5.82 Å². The van der Waals surface area contributed by atoms with Gasteiger partial charge in [-0.2, -0.15) is 0 Å². The van der Waals surface area contributed by atoms with Crippen LogP contribution in [0.1, 0.15) is 29.0 Å². The zero-order chi connectivity index (χ0) is 18.5. The summed E-state index contributed by atoms with van der Waals surface area (Å²) in [7, 11) is 0. The number of pyridine rings is 1. The van der Waals surface area contributed by atoms with Gasteiger partial charge in [0, 0.05) is 13.1 Å². The summed E-state index contributed by atoms with van der Waals surface area (Å²) in [5.74, 6) is 1.26. The number of hydrogen-bond donors (Lipinski definition) is 1. The molecule has 1 amide bonds. The van der Waals surface area contributed by atoms with E-state index in [0.717, 1.165) is 31.1 Å². The summed E-state index contributed by atoms with van der Waals surface area (Å²) >= 11 is 0. The Bertz CT molecular complexity index is 852. The Morgan fingerprint density at radius 3 is 2.56 bits per heavy atom. The Morgan fingerprint density at radius 1 is 1.07 bits per heavy atom. The van der Waals surface area contributed by atoms with E-state index in [1.807, 2.05) is 18.3 Å². The average molecular weight is 361 g/mol. The van der Waals surface area contributed by atoms with Crippen molar-refractivity contribution in [2.45, 2.75) is 19.3 Å². The number of carbonyl (C=O) groups is 1. The van der Waals surface area contributed by atoms with Gasteiger partial charge in [-0.3, -0.25) is 4.79 Å². The Hall–Kier alpha value is -3.08. The summed E-state index contributed by atoms with van der Waals surface area (Å²) < 4.78 is 5.09. The maximum atomic E-state index is 12.0. The molecule has 1 aliphatic rings. The molecule has 1 saturated heterocycles. The van der Waals surface area contributed by atoms with E-state index >= 15 is 0 Å². The summed E-state index contributed by atoms with van der Waals surface area (Å²) in [6, 6.07) is 17.9. The average Bonchev–Trinajstić information content (AvgIpc) is 3.25. The van der Waals surface area contributed by atoms with Gasteiger partial charge >= 0.3 is 0 Å². The molecule has 3 aromatic rings. The fraction of sp³-hybridized carbons (Fsp3) is 0.273. The first-order chi connectivity index (χ1) is 13.3. The third-order valence-corrected chi connectivity index (χ3v) is 5.08. The van der Waals surface area contributed by atoms with Crippen molar-refractivity contribution in [2.24, 2.45) is 5.92 Å². The molecule has 1 N–H and O–H groups in total. The normalized spacial score (nSPS) is 14.9. The van der Waals surface area contributed by atoms with E-state index in [4.69, 9.17) is 4.42 Å². The molecule has 4 rings (SSSR count). The molecule has 0 aliphatic carbocycles. The number of amides is 1. The first kappa shape index (κ1) is 17.3. The molecule has 0 unspecified atom stereocenters. The second kappa shape index (κ2) is 8.08. The maximum absolute atomic E-state index is 12.0. The Labute approximate surface area is 159 Å². The summed E-state index contributed by atoms with van der Waals surface area (Å²) in [5, 5.41) is 2.75. The van der Waals surface area contributed by atoms with Crippen LogP contribution in [0.2, 0.25) is 0 Å². The molecule has 3 heterocycles. The number of anilines is 2. The molecule has 5 heteroatoms. The lowest BCUT2D eigenvalue weighted by molar-refractivity contribution is 0.0996. The Balaban J connectivity index is 1.30. The van der Waals surface area contributed by atoms with E-state index in [1.165, 1.54) is 24.7 Å². The first-order valence-corrected chi connectivity index (χ1v) is 9.38. The molecule has 138 valence electrons. The van der Waals surface area contributed by atoms with Gasteiger partial charge in [-0.1, -0.05) is 30.3 Å². The third kappa shape index (κ3) is 4.37. The van der Waals surface area contributed by atoms with E-state index in [1.54, 1.807) is 12.1 Å². The van der Waals surface area contributed by atoms with E-state index in [2.05, 4.69) is 45.5 Å². The van der Waals surface area contributed by atoms with Crippen molar-refractivity contribution in [2.75, 3.05) is 23.3 Å². The van der Waals surface area contributed by atoms with E-state index < -0.39 is 0 Å². The second-order valence-corrected chi connectivity index (χ2v) is 6.95. The SMILES string of the molecule is O=C(Nc1ccc(N2CCC(Cc3ccccc3)CC2)cn1)c1ccco1. The van der Waals surface area contributed by atoms with E-state index in [-0.39, 0.29) is 11.7 Å². The molecule has 0 saturated carbocycles. The minimum Gasteiger partial charge on any atom is -0.459 e. The largest absolute Gasteiger partial charge is 0.459 e. The minimum absolute atomic E-state index is 0.279. The highest BCUT2D eigenvalue weighted by Crippen LogP contribution is 2.26. The quantitative estimate of drug-likeness (QED) is 0.732. The zero-order valence-electron chi connectivity index (χ0n) is 15.2. The van der Waals surface area contributed by atoms with Crippen LogP contribution in [-0.4, -0.2) is 24.0 Å². The van der Waals surface area contributed by atoms with Gasteiger partial charge in [0.05, 0.1) is 18.1 Å². The predicted molar refractivity (Wildman–Crippen MR) is 106 cm³/mol. The Kier molecular flexibility index (Phi) is 5.19. The summed E-state index contributed by atoms with van der Waals surface area (Å²) in [5.41, 5.74) is 2.53. The fourth-order valence-corrected chi connectivity index (χ4v) is 3.58. The topological polar surface area (TPSA) is 58.4 Å². The van der Waals surface area contributed by atoms with Gasteiger partial charge < -0.3 is 14.6 Å². The molecule has 27 heavy (non-hydrogen) atoms. The van der Waals surface area contributed by atoms with Crippen molar-refractivity contribution in [3.05, 3.63) is 78.4 Å². The van der Waals surface area contributed by atoms with Crippen molar-refractivity contribution in [1.82, 2.24) is 4.98 Å². The van der Waals surface area contributed by atoms with Crippen LogP contribution in [0.4, 0.5) is 11.5 Å². The summed E-state index contributed by atoms with van der Waals surface area (Å²) in [4.78, 5) is 18.7. The lowest BCUT2D eigenvalue weighted by Gasteiger charge is -2.33. The number of nitrogens with one attached hydrogen (secondary N) is 1. The highest BCUT2D eigenvalue weighted by atomic mass is 16.3. The van der Waals surface area contributed by atoms with Gasteiger partial charge in [-0.05, 0) is 55.0 Å². The van der Waals surface area contributed by atoms with Gasteiger partial charge in [0.1, 0.15) is 5.82 Å². The lowest BCUT2D eigenvalue weighted by atomic mass is 9.90. The Morgan fingerprint density at radius 2 is 1.89 bits per heavy atom. The fourth-order valence-electron chi connectivity index (χ4n) is 3.58. The van der Waals surface area contributed by atoms with Crippen molar-refractivity contribution in [3.63, 3.8) is 0 Å². The van der Waals surface area contributed by atoms with Crippen LogP contribution >= 0.6 is 0 Å². The van der Waals surface area contributed by atoms with Crippen molar-refractivity contribution in [1.29, 1.82) is 0 Å². The van der Waals surface area contributed by atoms with Gasteiger partial charge in [-0.15, -0.1) is 0 Å². The lowest BCUT2D eigenvalue weighted by Crippen LogP contribution is -2.34. The van der Waals surface area contributed by atoms with Gasteiger partial charge in [0.15, 0.2) is 5.76 Å². The zero-order valence-corrected chi connectivity index (χ0v) is 15.2. The van der Waals surface area contributed by atoms with Gasteiger partial charge in [0.2, 0.25) is 0 Å². The van der Waals surface area contributed by atoms with Gasteiger partial charge in [-0.25, -0.2) is 4.98 Å². The van der Waals surface area contributed by atoms with Crippen LogP contribution in [-0.2, 0) is 6.42 Å². The smallest absolute Gasteiger partial charge is 0.292 e. The molecular formula is C22H23N3O2. The summed E-state index contributed by atoms with van der Waals surface area (Å²) in [6.45, 7) is 2.08. The molecule has 1 aromatic carbocycles. The predicted octanol–water partition coefficient (Wildman–Crippen LogP) is 4.39. The minimum atomic E-state index is -0.290. The second-order valence-electron chi connectivity index (χ2n) is 6.95. The van der Waals surface area contributed by atoms with Crippen LogP contribution in [0.25, 0.3) is 0 Å². The van der Waals surface area contributed by atoms with Crippen LogP contribution in [0, 0.1) is 5.92 Å². The summed E-state index contributed by atoms with van der Waals surface area (Å²) in [6.07, 6.45) is 6.84. The van der Waals surface area contributed by atoms with Crippen molar-refractivity contribution < 1.29 is 9.21 Å². The number of benzene rings is 1. The molecule has 0 spiro atoms. The molecule has 1 fully saturated rings. The molecule has 5 nitrogen and oxygen atoms in total. The van der Waals surface area contributed by atoms with Crippen molar-refractivity contribution in [3.8, 4) is 0 Å². The number of furan rings is 1. The molecule has 2 aromatic heterocycles. The molecule has 0 bridgehead atoms. The van der Waals surface area contributed by atoms with Crippen LogP contribution in [0.15, 0.2) is 71.5 Å². The molecule has 0 radical (unpaired) electrons. The van der Waals surface area contributed by atoms with Crippen LogP contribution in [0.5, 0.6) is 0 Å².